The van der Waals surface area contributed by atoms with Gasteiger partial charge in [0.2, 0.25) is 5.91 Å². The Bertz CT molecular complexity index is 587. The minimum Gasteiger partial charge on any atom is -0.392 e. The predicted octanol–water partition coefficient (Wildman–Crippen LogP) is 2.09. The normalized spacial score (nSPS) is 25.6. The van der Waals surface area contributed by atoms with E-state index in [0.29, 0.717) is 0 Å². The molecule has 2 N–H and O–H groups in total. The topological polar surface area (TPSA) is 52.6 Å². The van der Waals surface area contributed by atoms with Gasteiger partial charge in [-0.2, -0.15) is 13.2 Å². The molecule has 0 bridgehead atoms. The molecule has 1 aromatic carbocycles. The Labute approximate surface area is 132 Å². The Kier molecular flexibility index (Phi) is 4.33. The van der Waals surface area contributed by atoms with Crippen molar-refractivity contribution in [2.75, 3.05) is 13.1 Å². The molecule has 2 fully saturated rings. The number of hydrogen-bond acceptors (Lipinski definition) is 3. The maximum atomic E-state index is 13.2. The van der Waals surface area contributed by atoms with Gasteiger partial charge in [-0.25, -0.2) is 0 Å². The number of alkyl halides is 3. The van der Waals surface area contributed by atoms with Gasteiger partial charge in [0.1, 0.15) is 0 Å². The highest BCUT2D eigenvalue weighted by molar-refractivity contribution is 5.78. The van der Waals surface area contributed by atoms with Crippen LogP contribution in [0.3, 0.4) is 0 Å². The zero-order valence-electron chi connectivity index (χ0n) is 12.5. The molecule has 1 aliphatic carbocycles. The smallest absolute Gasteiger partial charge is 0.392 e. The molecule has 4 nitrogen and oxygen atoms in total. The minimum atomic E-state index is -4.45. The molecule has 2 aliphatic rings. The first-order chi connectivity index (χ1) is 10.8. The fourth-order valence-electron chi connectivity index (χ4n) is 3.11. The van der Waals surface area contributed by atoms with E-state index in [1.807, 2.05) is 0 Å². The van der Waals surface area contributed by atoms with Crippen LogP contribution in [-0.4, -0.2) is 41.1 Å². The number of β-amino-alcohol motifs (C(OH)–C–C–N with tert-alkyl or cyclic N) is 1. The highest BCUT2D eigenvalue weighted by Crippen LogP contribution is 2.40. The fourth-order valence-corrected chi connectivity index (χ4v) is 3.11. The van der Waals surface area contributed by atoms with Gasteiger partial charge in [0.25, 0.3) is 0 Å². The Hall–Kier alpha value is -1.60. The van der Waals surface area contributed by atoms with Crippen molar-refractivity contribution in [3.63, 3.8) is 0 Å². The second-order valence-corrected chi connectivity index (χ2v) is 6.26. The maximum absolute atomic E-state index is 13.2. The van der Waals surface area contributed by atoms with E-state index in [4.69, 9.17) is 0 Å². The van der Waals surface area contributed by atoms with Gasteiger partial charge in [-0.3, -0.25) is 9.69 Å². The predicted molar refractivity (Wildman–Crippen MR) is 77.5 cm³/mol. The molecule has 2 atom stereocenters. The van der Waals surface area contributed by atoms with Crippen LogP contribution in [0.15, 0.2) is 24.3 Å². The molecule has 1 aromatic rings. The molecular formula is C16H19F3N2O2. The average molecular weight is 328 g/mol. The molecule has 0 unspecified atom stereocenters. The van der Waals surface area contributed by atoms with E-state index in [9.17, 15) is 23.1 Å². The number of benzene rings is 1. The lowest BCUT2D eigenvalue weighted by atomic mass is 9.97. The number of likely N-dealkylation sites (tertiary alicyclic amines) is 1. The standard InChI is InChI=1S/C16H19F3N2O2/c17-16(18,19)13-4-2-1-3-12(13)14-7-11(22)8-21(14)9-15(23)20-10-5-6-10/h1-4,10-11,14,22H,5-9H2,(H,20,23)/t11-,14-/m0/s1. The van der Waals surface area contributed by atoms with Gasteiger partial charge in [0.05, 0.1) is 18.2 Å². The third-order valence-corrected chi connectivity index (χ3v) is 4.30. The first kappa shape index (κ1) is 16.3. The van der Waals surface area contributed by atoms with E-state index in [1.165, 1.54) is 12.1 Å². The van der Waals surface area contributed by atoms with E-state index in [2.05, 4.69) is 5.32 Å². The molecule has 0 spiro atoms. The number of amides is 1. The number of carbonyl (C=O) groups is 1. The van der Waals surface area contributed by atoms with Gasteiger partial charge in [-0.1, -0.05) is 18.2 Å². The molecule has 0 radical (unpaired) electrons. The lowest BCUT2D eigenvalue weighted by Gasteiger charge is -2.26. The second kappa shape index (κ2) is 6.13. The largest absolute Gasteiger partial charge is 0.416 e. The molecule has 1 aliphatic heterocycles. The Morgan fingerprint density at radius 1 is 1.30 bits per heavy atom. The number of halogens is 3. The molecular weight excluding hydrogens is 309 g/mol. The van der Waals surface area contributed by atoms with Gasteiger partial charge in [0.15, 0.2) is 0 Å². The number of aliphatic hydroxyl groups is 1. The Balaban J connectivity index is 1.80. The van der Waals surface area contributed by atoms with Gasteiger partial charge < -0.3 is 10.4 Å². The summed E-state index contributed by atoms with van der Waals surface area (Å²) < 4.78 is 39.6. The van der Waals surface area contributed by atoms with Gasteiger partial charge in [0, 0.05) is 18.6 Å². The van der Waals surface area contributed by atoms with Crippen LogP contribution in [0.4, 0.5) is 13.2 Å². The van der Waals surface area contributed by atoms with Crippen molar-refractivity contribution >= 4 is 5.91 Å². The van der Waals surface area contributed by atoms with Crippen molar-refractivity contribution in [1.29, 1.82) is 0 Å². The molecule has 1 saturated heterocycles. The SMILES string of the molecule is O=C(CN1C[C@@H](O)C[C@H]1c1ccccc1C(F)(F)F)NC1CC1. The quantitative estimate of drug-likeness (QED) is 0.890. The van der Waals surface area contributed by atoms with Crippen LogP contribution < -0.4 is 5.32 Å². The molecule has 1 heterocycles. The zero-order valence-corrected chi connectivity index (χ0v) is 12.5. The number of rotatable bonds is 4. The van der Waals surface area contributed by atoms with E-state index in [0.717, 1.165) is 18.9 Å². The van der Waals surface area contributed by atoms with Crippen LogP contribution in [-0.2, 0) is 11.0 Å². The minimum absolute atomic E-state index is 0.00438. The molecule has 23 heavy (non-hydrogen) atoms. The molecule has 3 rings (SSSR count). The third-order valence-electron chi connectivity index (χ3n) is 4.30. The summed E-state index contributed by atoms with van der Waals surface area (Å²) in [6.45, 7) is 0.208. The number of nitrogens with one attached hydrogen (secondary N) is 1. The fraction of sp³-hybridized carbons (Fsp3) is 0.562. The Morgan fingerprint density at radius 3 is 2.65 bits per heavy atom. The van der Waals surface area contributed by atoms with Crippen LogP contribution in [0.5, 0.6) is 0 Å². The van der Waals surface area contributed by atoms with Crippen LogP contribution in [0.2, 0.25) is 0 Å². The van der Waals surface area contributed by atoms with Crippen LogP contribution in [0.1, 0.15) is 36.4 Å². The van der Waals surface area contributed by atoms with Crippen LogP contribution in [0, 0.1) is 0 Å². The Morgan fingerprint density at radius 2 is 2.00 bits per heavy atom. The van der Waals surface area contributed by atoms with Crippen molar-refractivity contribution < 1.29 is 23.1 Å². The summed E-state index contributed by atoms with van der Waals surface area (Å²) in [4.78, 5) is 13.6. The van der Waals surface area contributed by atoms with E-state index in [1.54, 1.807) is 11.0 Å². The third kappa shape index (κ3) is 3.84. The molecule has 0 aromatic heterocycles. The second-order valence-electron chi connectivity index (χ2n) is 6.26. The highest BCUT2D eigenvalue weighted by atomic mass is 19.4. The van der Waals surface area contributed by atoms with E-state index < -0.39 is 23.9 Å². The van der Waals surface area contributed by atoms with Gasteiger partial charge in [-0.05, 0) is 30.9 Å². The number of aliphatic hydroxyl groups excluding tert-OH is 1. The van der Waals surface area contributed by atoms with Crippen molar-refractivity contribution in [3.05, 3.63) is 35.4 Å². The summed E-state index contributed by atoms with van der Waals surface area (Å²) in [6.07, 6.45) is -3.07. The van der Waals surface area contributed by atoms with Crippen LogP contribution in [0.25, 0.3) is 0 Å². The van der Waals surface area contributed by atoms with Gasteiger partial charge >= 0.3 is 6.18 Å². The van der Waals surface area contributed by atoms with E-state index >= 15 is 0 Å². The number of hydrogen-bond donors (Lipinski definition) is 2. The summed E-state index contributed by atoms with van der Waals surface area (Å²) in [7, 11) is 0. The lowest BCUT2D eigenvalue weighted by molar-refractivity contribution is -0.138. The zero-order chi connectivity index (χ0) is 16.6. The number of carbonyl (C=O) groups excluding carboxylic acids is 1. The van der Waals surface area contributed by atoms with Gasteiger partial charge in [-0.15, -0.1) is 0 Å². The lowest BCUT2D eigenvalue weighted by Crippen LogP contribution is -2.38. The highest BCUT2D eigenvalue weighted by Gasteiger charge is 2.40. The molecule has 1 amide bonds. The summed E-state index contributed by atoms with van der Waals surface area (Å²) >= 11 is 0. The van der Waals surface area contributed by atoms with Crippen molar-refractivity contribution in [2.45, 2.75) is 43.6 Å². The summed E-state index contributed by atoms with van der Waals surface area (Å²) in [5.74, 6) is -0.198. The summed E-state index contributed by atoms with van der Waals surface area (Å²) in [5.41, 5.74) is -0.581. The first-order valence-electron chi connectivity index (χ1n) is 7.72. The van der Waals surface area contributed by atoms with Crippen molar-refractivity contribution in [2.24, 2.45) is 0 Å². The first-order valence-corrected chi connectivity index (χ1v) is 7.72. The maximum Gasteiger partial charge on any atom is 0.416 e. The monoisotopic (exact) mass is 328 g/mol. The number of nitrogens with zero attached hydrogens (tertiary/aromatic N) is 1. The van der Waals surface area contributed by atoms with E-state index in [-0.39, 0.29) is 37.0 Å². The van der Waals surface area contributed by atoms with Crippen LogP contribution >= 0.6 is 0 Å². The molecule has 126 valence electrons. The molecule has 7 heteroatoms. The van der Waals surface area contributed by atoms with Crippen molar-refractivity contribution in [1.82, 2.24) is 10.2 Å². The summed E-state index contributed by atoms with van der Waals surface area (Å²) in [5, 5.41) is 12.7. The van der Waals surface area contributed by atoms with Crippen molar-refractivity contribution in [3.8, 4) is 0 Å². The summed E-state index contributed by atoms with van der Waals surface area (Å²) in [6, 6.07) is 4.98. The average Bonchev–Trinajstić information content (AvgIpc) is 3.20. The molecule has 1 saturated carbocycles.